The van der Waals surface area contributed by atoms with Gasteiger partial charge in [-0.05, 0) is 23.6 Å². The van der Waals surface area contributed by atoms with E-state index in [1.165, 1.54) is 0 Å². The summed E-state index contributed by atoms with van der Waals surface area (Å²) in [5, 5.41) is 3.91. The highest BCUT2D eigenvalue weighted by Crippen LogP contribution is 2.22. The van der Waals surface area contributed by atoms with E-state index in [4.69, 9.17) is 27.9 Å². The quantitative estimate of drug-likeness (QED) is 0.849. The van der Waals surface area contributed by atoms with E-state index in [1.807, 2.05) is 6.07 Å². The van der Waals surface area contributed by atoms with Crippen LogP contribution in [0.25, 0.3) is 0 Å². The molecule has 0 aromatic heterocycles. The molecule has 1 fully saturated rings. The Kier molecular flexibility index (Phi) is 7.15. The van der Waals surface area contributed by atoms with Crippen molar-refractivity contribution in [1.29, 1.82) is 0 Å². The first-order valence-corrected chi connectivity index (χ1v) is 8.74. The molecule has 1 aliphatic heterocycles. The lowest BCUT2D eigenvalue weighted by Crippen LogP contribution is -2.48. The lowest BCUT2D eigenvalue weighted by Gasteiger charge is -2.33. The number of carbonyl (C=O) groups is 1. The first-order chi connectivity index (χ1) is 10.9. The molecule has 1 atom stereocenters. The van der Waals surface area contributed by atoms with Gasteiger partial charge in [-0.15, -0.1) is 0 Å². The van der Waals surface area contributed by atoms with E-state index >= 15 is 0 Å². The van der Waals surface area contributed by atoms with Gasteiger partial charge in [-0.2, -0.15) is 0 Å². The molecule has 0 spiro atoms. The predicted molar refractivity (Wildman–Crippen MR) is 94.2 cm³/mol. The molecule has 2 rings (SSSR count). The Morgan fingerprint density at radius 3 is 2.87 bits per heavy atom. The van der Waals surface area contributed by atoms with Gasteiger partial charge in [0.1, 0.15) is 0 Å². The molecule has 0 bridgehead atoms. The van der Waals surface area contributed by atoms with Crippen LogP contribution in [0, 0.1) is 5.92 Å². The molecule has 0 saturated carbocycles. The Hall–Kier alpha value is -0.810. The highest BCUT2D eigenvalue weighted by molar-refractivity contribution is 6.42. The van der Waals surface area contributed by atoms with Gasteiger partial charge in [-0.25, -0.2) is 0 Å². The van der Waals surface area contributed by atoms with Crippen LogP contribution in [0.1, 0.15) is 19.4 Å². The zero-order chi connectivity index (χ0) is 16.8. The SMILES string of the molecule is CC(C)CN1CCO[C@@H](CNC(=O)Cc2ccc(Cl)c(Cl)c2)C1. The summed E-state index contributed by atoms with van der Waals surface area (Å²) >= 11 is 11.8. The summed E-state index contributed by atoms with van der Waals surface area (Å²) < 4.78 is 5.73. The van der Waals surface area contributed by atoms with Crippen molar-refractivity contribution >= 4 is 29.1 Å². The molecular weight excluding hydrogens is 335 g/mol. The number of nitrogens with zero attached hydrogens (tertiary/aromatic N) is 1. The Balaban J connectivity index is 1.76. The normalized spacial score (nSPS) is 19.1. The monoisotopic (exact) mass is 358 g/mol. The van der Waals surface area contributed by atoms with Crippen LogP contribution in [-0.2, 0) is 16.0 Å². The molecule has 1 aliphatic rings. The minimum Gasteiger partial charge on any atom is -0.374 e. The van der Waals surface area contributed by atoms with E-state index in [9.17, 15) is 4.79 Å². The molecule has 1 N–H and O–H groups in total. The zero-order valence-electron chi connectivity index (χ0n) is 13.6. The number of halogens is 2. The summed E-state index contributed by atoms with van der Waals surface area (Å²) in [5.74, 6) is 0.603. The number of benzene rings is 1. The Morgan fingerprint density at radius 2 is 2.17 bits per heavy atom. The van der Waals surface area contributed by atoms with E-state index < -0.39 is 0 Å². The van der Waals surface area contributed by atoms with E-state index in [0.29, 0.717) is 28.9 Å². The number of hydrogen-bond donors (Lipinski definition) is 1. The second kappa shape index (κ2) is 8.88. The molecule has 1 aromatic rings. The number of nitrogens with one attached hydrogen (secondary N) is 1. The van der Waals surface area contributed by atoms with Gasteiger partial charge in [0.15, 0.2) is 0 Å². The fourth-order valence-electron chi connectivity index (χ4n) is 2.71. The van der Waals surface area contributed by atoms with Gasteiger partial charge < -0.3 is 10.1 Å². The molecule has 23 heavy (non-hydrogen) atoms. The Labute approximate surface area is 148 Å². The molecule has 1 heterocycles. The van der Waals surface area contributed by atoms with Gasteiger partial charge in [0, 0.05) is 26.2 Å². The Morgan fingerprint density at radius 1 is 1.39 bits per heavy atom. The van der Waals surface area contributed by atoms with Crippen molar-refractivity contribution in [3.63, 3.8) is 0 Å². The third-order valence-corrected chi connectivity index (χ3v) is 4.46. The maximum absolute atomic E-state index is 12.1. The summed E-state index contributed by atoms with van der Waals surface area (Å²) in [6.07, 6.45) is 0.347. The van der Waals surface area contributed by atoms with Gasteiger partial charge in [0.25, 0.3) is 0 Å². The summed E-state index contributed by atoms with van der Waals surface area (Å²) in [5.41, 5.74) is 0.850. The minimum atomic E-state index is -0.0343. The van der Waals surface area contributed by atoms with Gasteiger partial charge in [0.05, 0.1) is 29.2 Å². The fourth-order valence-corrected chi connectivity index (χ4v) is 3.03. The molecular formula is C17H24Cl2N2O2. The Bertz CT molecular complexity index is 537. The zero-order valence-corrected chi connectivity index (χ0v) is 15.2. The van der Waals surface area contributed by atoms with E-state index in [0.717, 1.165) is 31.8 Å². The lowest BCUT2D eigenvalue weighted by molar-refractivity contribution is -0.121. The van der Waals surface area contributed by atoms with Gasteiger partial charge in [0.2, 0.25) is 5.91 Å². The highest BCUT2D eigenvalue weighted by atomic mass is 35.5. The molecule has 6 heteroatoms. The smallest absolute Gasteiger partial charge is 0.224 e. The van der Waals surface area contributed by atoms with E-state index in [1.54, 1.807) is 12.1 Å². The van der Waals surface area contributed by atoms with Crippen molar-refractivity contribution in [2.45, 2.75) is 26.4 Å². The molecule has 0 aliphatic carbocycles. The lowest BCUT2D eigenvalue weighted by atomic mass is 10.1. The number of ether oxygens (including phenoxy) is 1. The number of rotatable bonds is 6. The topological polar surface area (TPSA) is 41.6 Å². The van der Waals surface area contributed by atoms with Crippen molar-refractivity contribution in [3.05, 3.63) is 33.8 Å². The van der Waals surface area contributed by atoms with Crippen molar-refractivity contribution in [2.75, 3.05) is 32.8 Å². The average molecular weight is 359 g/mol. The molecule has 1 saturated heterocycles. The van der Waals surface area contributed by atoms with Crippen LogP contribution >= 0.6 is 23.2 Å². The van der Waals surface area contributed by atoms with Crippen molar-refractivity contribution in [2.24, 2.45) is 5.92 Å². The van der Waals surface area contributed by atoms with Crippen LogP contribution in [0.5, 0.6) is 0 Å². The fraction of sp³-hybridized carbons (Fsp3) is 0.588. The van der Waals surface area contributed by atoms with Crippen LogP contribution in [0.4, 0.5) is 0 Å². The second-order valence-electron chi connectivity index (χ2n) is 6.38. The number of morpholine rings is 1. The standard InChI is InChI=1S/C17H24Cl2N2O2/c1-12(2)10-21-5-6-23-14(11-21)9-20-17(22)8-13-3-4-15(18)16(19)7-13/h3-4,7,12,14H,5-6,8-11H2,1-2H3,(H,20,22)/t14-/m0/s1. The van der Waals surface area contributed by atoms with Crippen molar-refractivity contribution < 1.29 is 9.53 Å². The molecule has 1 amide bonds. The van der Waals surface area contributed by atoms with Crippen LogP contribution < -0.4 is 5.32 Å². The van der Waals surface area contributed by atoms with Crippen molar-refractivity contribution in [1.82, 2.24) is 10.2 Å². The van der Waals surface area contributed by atoms with Crippen molar-refractivity contribution in [3.8, 4) is 0 Å². The number of carbonyl (C=O) groups excluding carboxylic acids is 1. The first kappa shape index (κ1) is 18.5. The van der Waals surface area contributed by atoms with Crippen LogP contribution in [0.2, 0.25) is 10.0 Å². The number of hydrogen-bond acceptors (Lipinski definition) is 3. The van der Waals surface area contributed by atoms with E-state index in [-0.39, 0.29) is 12.0 Å². The molecule has 0 radical (unpaired) electrons. The first-order valence-electron chi connectivity index (χ1n) is 7.98. The van der Waals surface area contributed by atoms with Gasteiger partial charge >= 0.3 is 0 Å². The summed E-state index contributed by atoms with van der Waals surface area (Å²) in [4.78, 5) is 14.4. The second-order valence-corrected chi connectivity index (χ2v) is 7.19. The number of amides is 1. The summed E-state index contributed by atoms with van der Waals surface area (Å²) in [7, 11) is 0. The van der Waals surface area contributed by atoms with Gasteiger partial charge in [-0.3, -0.25) is 9.69 Å². The minimum absolute atomic E-state index is 0.0343. The molecule has 128 valence electrons. The maximum atomic E-state index is 12.1. The molecule has 0 unspecified atom stereocenters. The third-order valence-electron chi connectivity index (χ3n) is 3.72. The van der Waals surface area contributed by atoms with Gasteiger partial charge in [-0.1, -0.05) is 43.1 Å². The molecule has 4 nitrogen and oxygen atoms in total. The third kappa shape index (κ3) is 6.30. The maximum Gasteiger partial charge on any atom is 0.224 e. The largest absolute Gasteiger partial charge is 0.374 e. The van der Waals surface area contributed by atoms with Crippen LogP contribution in [-0.4, -0.2) is 49.7 Å². The van der Waals surface area contributed by atoms with E-state index in [2.05, 4.69) is 24.1 Å². The molecule has 1 aromatic carbocycles. The predicted octanol–water partition coefficient (Wildman–Crippen LogP) is 3.01. The summed E-state index contributed by atoms with van der Waals surface area (Å²) in [6.45, 7) is 8.58. The highest BCUT2D eigenvalue weighted by Gasteiger charge is 2.21. The van der Waals surface area contributed by atoms with Crippen LogP contribution in [0.3, 0.4) is 0 Å². The average Bonchev–Trinajstić information content (AvgIpc) is 2.49. The summed E-state index contributed by atoms with van der Waals surface area (Å²) in [6, 6.07) is 5.25. The van der Waals surface area contributed by atoms with Crippen LogP contribution in [0.15, 0.2) is 18.2 Å².